The minimum atomic E-state index is 0.156. The summed E-state index contributed by atoms with van der Waals surface area (Å²) in [4.78, 5) is 7.18. The van der Waals surface area contributed by atoms with Crippen molar-refractivity contribution in [2.24, 2.45) is 0 Å². The number of hydrogen-bond donors (Lipinski definition) is 1. The molecule has 1 aliphatic rings. The molecular formula is C20H29N3S. The van der Waals surface area contributed by atoms with Crippen LogP contribution in [0.2, 0.25) is 0 Å². The van der Waals surface area contributed by atoms with Gasteiger partial charge in [0.1, 0.15) is 0 Å². The van der Waals surface area contributed by atoms with Crippen molar-refractivity contribution in [1.29, 1.82) is 0 Å². The van der Waals surface area contributed by atoms with Gasteiger partial charge >= 0.3 is 0 Å². The van der Waals surface area contributed by atoms with Gasteiger partial charge in [0.15, 0.2) is 0 Å². The molecule has 0 aromatic carbocycles. The first-order valence-electron chi connectivity index (χ1n) is 8.77. The van der Waals surface area contributed by atoms with Gasteiger partial charge in [-0.15, -0.1) is 0 Å². The quantitative estimate of drug-likeness (QED) is 0.869. The second kappa shape index (κ2) is 6.95. The molecule has 1 aliphatic heterocycles. The lowest BCUT2D eigenvalue weighted by atomic mass is 9.79. The van der Waals surface area contributed by atoms with Crippen molar-refractivity contribution < 1.29 is 0 Å². The van der Waals surface area contributed by atoms with Crippen LogP contribution in [0.5, 0.6) is 0 Å². The molecule has 0 saturated carbocycles. The van der Waals surface area contributed by atoms with E-state index in [0.29, 0.717) is 6.04 Å². The average Bonchev–Trinajstić information content (AvgIpc) is 2.97. The zero-order valence-electron chi connectivity index (χ0n) is 15.2. The summed E-state index contributed by atoms with van der Waals surface area (Å²) in [5, 5.41) is 8.24. The molecule has 1 fully saturated rings. The zero-order valence-corrected chi connectivity index (χ0v) is 16.1. The highest BCUT2D eigenvalue weighted by Crippen LogP contribution is 2.33. The Labute approximate surface area is 150 Å². The van der Waals surface area contributed by atoms with Crippen molar-refractivity contribution in [3.05, 3.63) is 52.5 Å². The number of rotatable bonds is 5. The summed E-state index contributed by atoms with van der Waals surface area (Å²) >= 11 is 1.78. The van der Waals surface area contributed by atoms with Gasteiger partial charge in [0.2, 0.25) is 0 Å². The molecular weight excluding hydrogens is 314 g/mol. The molecule has 130 valence electrons. The Bertz CT molecular complexity index is 618. The third-order valence-electron chi connectivity index (χ3n) is 4.74. The van der Waals surface area contributed by atoms with E-state index in [9.17, 15) is 0 Å². The predicted molar refractivity (Wildman–Crippen MR) is 102 cm³/mol. The monoisotopic (exact) mass is 343 g/mol. The number of pyridine rings is 1. The third kappa shape index (κ3) is 4.65. The van der Waals surface area contributed by atoms with Gasteiger partial charge < -0.3 is 5.32 Å². The van der Waals surface area contributed by atoms with Gasteiger partial charge in [-0.2, -0.15) is 11.3 Å². The lowest BCUT2D eigenvalue weighted by molar-refractivity contribution is 0.0557. The van der Waals surface area contributed by atoms with Crippen LogP contribution >= 0.6 is 11.3 Å². The second-order valence-electron chi connectivity index (χ2n) is 8.31. The number of nitrogens with zero attached hydrogens (tertiary/aromatic N) is 2. The van der Waals surface area contributed by atoms with Gasteiger partial charge in [0, 0.05) is 36.4 Å². The summed E-state index contributed by atoms with van der Waals surface area (Å²) in [6, 6.07) is 9.01. The molecule has 2 aromatic rings. The summed E-state index contributed by atoms with van der Waals surface area (Å²) < 4.78 is 0. The van der Waals surface area contributed by atoms with Crippen LogP contribution in [-0.2, 0) is 13.1 Å². The molecule has 2 aromatic heterocycles. The van der Waals surface area contributed by atoms with Crippen LogP contribution in [0, 0.1) is 0 Å². The van der Waals surface area contributed by atoms with Gasteiger partial charge in [-0.05, 0) is 75.1 Å². The first kappa shape index (κ1) is 17.6. The highest BCUT2D eigenvalue weighted by Gasteiger charge is 2.39. The molecule has 1 N–H and O–H groups in total. The fourth-order valence-corrected chi connectivity index (χ4v) is 4.82. The Morgan fingerprint density at radius 1 is 1.12 bits per heavy atom. The summed E-state index contributed by atoms with van der Waals surface area (Å²) in [6.07, 6.45) is 4.22. The Kier molecular flexibility index (Phi) is 5.09. The Morgan fingerprint density at radius 2 is 1.88 bits per heavy atom. The molecule has 0 radical (unpaired) electrons. The van der Waals surface area contributed by atoms with Crippen molar-refractivity contribution in [3.8, 4) is 0 Å². The molecule has 0 spiro atoms. The molecule has 4 heteroatoms. The summed E-state index contributed by atoms with van der Waals surface area (Å²) in [5.41, 5.74) is 2.87. The summed E-state index contributed by atoms with van der Waals surface area (Å²) in [7, 11) is 0. The Morgan fingerprint density at radius 3 is 2.46 bits per heavy atom. The highest BCUT2D eigenvalue weighted by molar-refractivity contribution is 7.07. The van der Waals surface area contributed by atoms with Crippen LogP contribution in [0.25, 0.3) is 0 Å². The van der Waals surface area contributed by atoms with Gasteiger partial charge in [0.25, 0.3) is 0 Å². The van der Waals surface area contributed by atoms with Crippen LogP contribution in [0.1, 0.15) is 51.8 Å². The van der Waals surface area contributed by atoms with Crippen molar-refractivity contribution in [2.75, 3.05) is 0 Å². The van der Waals surface area contributed by atoms with Crippen LogP contribution < -0.4 is 5.32 Å². The topological polar surface area (TPSA) is 28.2 Å². The van der Waals surface area contributed by atoms with Gasteiger partial charge in [-0.3, -0.25) is 9.88 Å². The highest BCUT2D eigenvalue weighted by atomic mass is 32.1. The van der Waals surface area contributed by atoms with Crippen molar-refractivity contribution >= 4 is 11.3 Å². The number of thiophene rings is 1. The normalized spacial score (nSPS) is 20.4. The summed E-state index contributed by atoms with van der Waals surface area (Å²) in [6.45, 7) is 11.2. The van der Waals surface area contributed by atoms with Crippen molar-refractivity contribution in [1.82, 2.24) is 15.2 Å². The molecule has 24 heavy (non-hydrogen) atoms. The lowest BCUT2D eigenvalue weighted by Crippen LogP contribution is -2.62. The largest absolute Gasteiger partial charge is 0.307 e. The van der Waals surface area contributed by atoms with Crippen molar-refractivity contribution in [3.63, 3.8) is 0 Å². The van der Waals surface area contributed by atoms with E-state index < -0.39 is 0 Å². The smallest absolute Gasteiger partial charge is 0.0544 e. The number of aromatic nitrogens is 1. The van der Waals surface area contributed by atoms with E-state index in [2.05, 4.69) is 71.9 Å². The number of hydrogen-bond acceptors (Lipinski definition) is 4. The first-order valence-corrected chi connectivity index (χ1v) is 9.72. The SMILES string of the molecule is CC1(C)CC(N(Cc2ccsc2)Cc2ccccn2)CC(C)(C)N1. The predicted octanol–water partition coefficient (Wildman–Crippen LogP) is 4.45. The molecule has 3 heterocycles. The van der Waals surface area contributed by atoms with Gasteiger partial charge in [-0.1, -0.05) is 6.07 Å². The Hall–Kier alpha value is -1.23. The molecule has 0 amide bonds. The van der Waals surface area contributed by atoms with Crippen molar-refractivity contribution in [2.45, 2.75) is 70.7 Å². The van der Waals surface area contributed by atoms with E-state index in [1.807, 2.05) is 12.3 Å². The van der Waals surface area contributed by atoms with E-state index in [1.54, 1.807) is 11.3 Å². The maximum absolute atomic E-state index is 4.56. The first-order chi connectivity index (χ1) is 11.3. The van der Waals surface area contributed by atoms with E-state index in [-0.39, 0.29) is 11.1 Å². The Balaban J connectivity index is 1.83. The zero-order chi connectivity index (χ0) is 17.2. The summed E-state index contributed by atoms with van der Waals surface area (Å²) in [5.74, 6) is 0. The fraction of sp³-hybridized carbons (Fsp3) is 0.550. The van der Waals surface area contributed by atoms with Gasteiger partial charge in [-0.25, -0.2) is 0 Å². The number of piperidine rings is 1. The van der Waals surface area contributed by atoms with Crippen LogP contribution in [0.3, 0.4) is 0 Å². The van der Waals surface area contributed by atoms with E-state index >= 15 is 0 Å². The minimum absolute atomic E-state index is 0.156. The lowest BCUT2D eigenvalue weighted by Gasteiger charge is -2.49. The van der Waals surface area contributed by atoms with E-state index in [1.165, 1.54) is 5.56 Å². The molecule has 3 nitrogen and oxygen atoms in total. The van der Waals surface area contributed by atoms with E-state index in [0.717, 1.165) is 31.6 Å². The standard InChI is InChI=1S/C20H29N3S/c1-19(2)11-18(12-20(3,4)22-19)23(13-16-8-10-24-15-16)14-17-7-5-6-9-21-17/h5-10,15,18,22H,11-14H2,1-4H3. The molecule has 1 saturated heterocycles. The average molecular weight is 344 g/mol. The maximum Gasteiger partial charge on any atom is 0.0544 e. The minimum Gasteiger partial charge on any atom is -0.307 e. The van der Waals surface area contributed by atoms with Crippen LogP contribution in [0.15, 0.2) is 41.2 Å². The van der Waals surface area contributed by atoms with Gasteiger partial charge in [0.05, 0.1) is 5.69 Å². The molecule has 0 atom stereocenters. The number of nitrogens with one attached hydrogen (secondary N) is 1. The molecule has 0 unspecified atom stereocenters. The fourth-order valence-electron chi connectivity index (χ4n) is 4.16. The molecule has 3 rings (SSSR count). The third-order valence-corrected chi connectivity index (χ3v) is 5.47. The molecule has 0 aliphatic carbocycles. The van der Waals surface area contributed by atoms with Crippen LogP contribution in [-0.4, -0.2) is 27.0 Å². The second-order valence-corrected chi connectivity index (χ2v) is 9.09. The van der Waals surface area contributed by atoms with E-state index in [4.69, 9.17) is 0 Å². The van der Waals surface area contributed by atoms with Crippen LogP contribution in [0.4, 0.5) is 0 Å². The maximum atomic E-state index is 4.56. The molecule has 0 bridgehead atoms.